The van der Waals surface area contributed by atoms with Crippen LogP contribution >= 0.6 is 0 Å². The van der Waals surface area contributed by atoms with Crippen LogP contribution in [0.1, 0.15) is 33.6 Å². The molecule has 7 nitrogen and oxygen atoms in total. The molecule has 19 heavy (non-hydrogen) atoms. The van der Waals surface area contributed by atoms with E-state index in [2.05, 4.69) is 15.6 Å². The SMILES string of the molecule is CC1(C)[C@]2(C(=O)Nn3cnnc3)CC[C@@]1(C)OC2=O. The van der Waals surface area contributed by atoms with Gasteiger partial charge in [0.1, 0.15) is 18.3 Å². The molecule has 1 saturated carbocycles. The van der Waals surface area contributed by atoms with Gasteiger partial charge in [-0.3, -0.25) is 15.0 Å². The Morgan fingerprint density at radius 2 is 1.95 bits per heavy atom. The van der Waals surface area contributed by atoms with Gasteiger partial charge in [0.05, 0.1) is 0 Å². The number of carbonyl (C=O) groups is 2. The van der Waals surface area contributed by atoms with E-state index in [1.807, 2.05) is 20.8 Å². The molecule has 2 bridgehead atoms. The number of fused-ring (bicyclic) bond motifs is 2. The maximum Gasteiger partial charge on any atom is 0.323 e. The lowest BCUT2D eigenvalue weighted by Gasteiger charge is -2.34. The van der Waals surface area contributed by atoms with Gasteiger partial charge in [-0.05, 0) is 19.8 Å². The predicted molar refractivity (Wildman–Crippen MR) is 64.3 cm³/mol. The van der Waals surface area contributed by atoms with E-state index in [9.17, 15) is 9.59 Å². The third-order valence-corrected chi connectivity index (χ3v) is 5.07. The van der Waals surface area contributed by atoms with Crippen molar-refractivity contribution in [3.8, 4) is 0 Å². The Morgan fingerprint density at radius 1 is 1.32 bits per heavy atom. The predicted octanol–water partition coefficient (Wildman–Crippen LogP) is 0.470. The van der Waals surface area contributed by atoms with Crippen LogP contribution in [0.2, 0.25) is 0 Å². The first-order chi connectivity index (χ1) is 8.83. The topological polar surface area (TPSA) is 86.1 Å². The molecule has 0 spiro atoms. The number of rotatable bonds is 2. The molecule has 102 valence electrons. The quantitative estimate of drug-likeness (QED) is 0.620. The molecule has 1 saturated heterocycles. The van der Waals surface area contributed by atoms with Crippen LogP contribution in [0.25, 0.3) is 0 Å². The zero-order valence-corrected chi connectivity index (χ0v) is 11.1. The summed E-state index contributed by atoms with van der Waals surface area (Å²) in [5, 5.41) is 7.22. The zero-order chi connectivity index (χ0) is 13.9. The first-order valence-corrected chi connectivity index (χ1v) is 6.23. The first-order valence-electron chi connectivity index (χ1n) is 6.23. The Balaban J connectivity index is 1.98. The lowest BCUT2D eigenvalue weighted by molar-refractivity contribution is -0.161. The molecule has 2 atom stereocenters. The average molecular weight is 264 g/mol. The molecular weight excluding hydrogens is 248 g/mol. The van der Waals surface area contributed by atoms with Gasteiger partial charge in [-0.2, -0.15) is 0 Å². The lowest BCUT2D eigenvalue weighted by atomic mass is 9.65. The second-order valence-electron chi connectivity index (χ2n) is 5.96. The van der Waals surface area contributed by atoms with Crippen LogP contribution in [0.15, 0.2) is 12.7 Å². The van der Waals surface area contributed by atoms with E-state index < -0.39 is 22.4 Å². The molecule has 1 aliphatic carbocycles. The second kappa shape index (κ2) is 3.34. The van der Waals surface area contributed by atoms with Crippen molar-refractivity contribution < 1.29 is 14.3 Å². The van der Waals surface area contributed by atoms with E-state index in [0.717, 1.165) is 0 Å². The van der Waals surface area contributed by atoms with Gasteiger partial charge in [-0.1, -0.05) is 13.8 Å². The van der Waals surface area contributed by atoms with Gasteiger partial charge in [-0.15, -0.1) is 10.2 Å². The van der Waals surface area contributed by atoms with Crippen molar-refractivity contribution in [1.82, 2.24) is 14.9 Å². The lowest BCUT2D eigenvalue weighted by Crippen LogP contribution is -2.49. The molecular formula is C12H16N4O3. The van der Waals surface area contributed by atoms with Gasteiger partial charge in [0.2, 0.25) is 0 Å². The third kappa shape index (κ3) is 1.22. The summed E-state index contributed by atoms with van der Waals surface area (Å²) in [6.45, 7) is 5.72. The molecule has 0 radical (unpaired) electrons. The Kier molecular flexibility index (Phi) is 2.13. The molecule has 0 aromatic carbocycles. The molecule has 7 heteroatoms. The van der Waals surface area contributed by atoms with E-state index in [4.69, 9.17) is 4.74 Å². The Hall–Kier alpha value is -1.92. The summed E-state index contributed by atoms with van der Waals surface area (Å²) in [5.74, 6) is -0.791. The summed E-state index contributed by atoms with van der Waals surface area (Å²) in [6, 6.07) is 0. The highest BCUT2D eigenvalue weighted by Crippen LogP contribution is 2.65. The number of ether oxygens (including phenoxy) is 1. The molecule has 1 amide bonds. The average Bonchev–Trinajstić information content (AvgIpc) is 2.91. The van der Waals surface area contributed by atoms with Gasteiger partial charge >= 0.3 is 5.97 Å². The number of amides is 1. The molecule has 1 aliphatic heterocycles. The van der Waals surface area contributed by atoms with E-state index in [1.54, 1.807) is 0 Å². The standard InChI is InChI=1S/C12H16N4O3/c1-10(2)11(3)4-5-12(10,9(18)19-11)8(17)15-16-6-13-14-7-16/h6-7H,4-5H2,1-3H3,(H,15,17)/t11-,12+/m1/s1. The maximum absolute atomic E-state index is 12.6. The van der Waals surface area contributed by atoms with Crippen LogP contribution in [-0.4, -0.2) is 32.4 Å². The van der Waals surface area contributed by atoms with Crippen molar-refractivity contribution in [3.63, 3.8) is 0 Å². The molecule has 1 aromatic heterocycles. The summed E-state index contributed by atoms with van der Waals surface area (Å²) in [5.41, 5.74) is 0.383. The van der Waals surface area contributed by atoms with Gasteiger partial charge in [0.15, 0.2) is 5.41 Å². The number of carbonyl (C=O) groups excluding carboxylic acids is 2. The summed E-state index contributed by atoms with van der Waals surface area (Å²) in [7, 11) is 0. The van der Waals surface area contributed by atoms with Crippen LogP contribution in [0, 0.1) is 10.8 Å². The number of nitrogens with zero attached hydrogens (tertiary/aromatic N) is 3. The smallest absolute Gasteiger partial charge is 0.323 e. The fraction of sp³-hybridized carbons (Fsp3) is 0.667. The monoisotopic (exact) mass is 264 g/mol. The normalized spacial score (nSPS) is 35.2. The van der Waals surface area contributed by atoms with Crippen LogP contribution in [0.3, 0.4) is 0 Å². The van der Waals surface area contributed by atoms with Crippen molar-refractivity contribution in [3.05, 3.63) is 12.7 Å². The summed E-state index contributed by atoms with van der Waals surface area (Å²) in [4.78, 5) is 24.8. The Bertz CT molecular complexity index is 553. The van der Waals surface area contributed by atoms with Crippen molar-refractivity contribution >= 4 is 11.9 Å². The fourth-order valence-corrected chi connectivity index (χ4v) is 3.29. The summed E-state index contributed by atoms with van der Waals surface area (Å²) >= 11 is 0. The van der Waals surface area contributed by atoms with Crippen LogP contribution in [0.5, 0.6) is 0 Å². The minimum atomic E-state index is -1.13. The van der Waals surface area contributed by atoms with Crippen LogP contribution in [-0.2, 0) is 14.3 Å². The minimum absolute atomic E-state index is 0.358. The molecule has 2 heterocycles. The maximum atomic E-state index is 12.6. The van der Waals surface area contributed by atoms with Crippen molar-refractivity contribution in [1.29, 1.82) is 0 Å². The molecule has 1 aromatic rings. The number of aromatic nitrogens is 3. The van der Waals surface area contributed by atoms with Crippen LogP contribution in [0.4, 0.5) is 0 Å². The number of hydrogen-bond donors (Lipinski definition) is 1. The summed E-state index contributed by atoms with van der Waals surface area (Å²) in [6.07, 6.45) is 3.94. The molecule has 2 aliphatic rings. The van der Waals surface area contributed by atoms with Gasteiger partial charge in [0, 0.05) is 5.41 Å². The van der Waals surface area contributed by atoms with E-state index >= 15 is 0 Å². The van der Waals surface area contributed by atoms with Crippen molar-refractivity contribution in [2.24, 2.45) is 10.8 Å². The van der Waals surface area contributed by atoms with Crippen molar-refractivity contribution in [2.75, 3.05) is 5.43 Å². The largest absolute Gasteiger partial charge is 0.458 e. The highest BCUT2D eigenvalue weighted by atomic mass is 16.6. The first kappa shape index (κ1) is 12.1. The van der Waals surface area contributed by atoms with Gasteiger partial charge in [-0.25, -0.2) is 4.68 Å². The third-order valence-electron chi connectivity index (χ3n) is 5.07. The second-order valence-corrected chi connectivity index (χ2v) is 5.96. The van der Waals surface area contributed by atoms with Crippen molar-refractivity contribution in [2.45, 2.75) is 39.2 Å². The molecule has 0 unspecified atom stereocenters. The van der Waals surface area contributed by atoms with E-state index in [1.165, 1.54) is 17.3 Å². The summed E-state index contributed by atoms with van der Waals surface area (Å²) < 4.78 is 6.81. The van der Waals surface area contributed by atoms with Gasteiger partial charge in [0.25, 0.3) is 5.91 Å². The number of nitrogens with one attached hydrogen (secondary N) is 1. The van der Waals surface area contributed by atoms with Crippen LogP contribution < -0.4 is 5.43 Å². The Labute approximate surface area is 110 Å². The van der Waals surface area contributed by atoms with Gasteiger partial charge < -0.3 is 4.74 Å². The molecule has 3 rings (SSSR count). The molecule has 1 N–H and O–H groups in total. The zero-order valence-electron chi connectivity index (χ0n) is 11.1. The highest BCUT2D eigenvalue weighted by Gasteiger charge is 2.76. The fourth-order valence-electron chi connectivity index (χ4n) is 3.29. The minimum Gasteiger partial charge on any atom is -0.458 e. The van der Waals surface area contributed by atoms with E-state index in [-0.39, 0.29) is 5.91 Å². The number of esters is 1. The van der Waals surface area contributed by atoms with E-state index in [0.29, 0.717) is 12.8 Å². The highest BCUT2D eigenvalue weighted by molar-refractivity contribution is 6.09. The number of hydrogen-bond acceptors (Lipinski definition) is 5. The molecule has 2 fully saturated rings. The Morgan fingerprint density at radius 3 is 2.42 bits per heavy atom.